The number of aromatic nitrogens is 2. The maximum absolute atomic E-state index is 6.67. The predicted molar refractivity (Wildman–Crippen MR) is 229 cm³/mol. The smallest absolute Gasteiger partial charge is 0.161 e. The molecule has 0 saturated carbocycles. The minimum absolute atomic E-state index is 0.688. The Kier molecular flexibility index (Phi) is 7.46. The van der Waals surface area contributed by atoms with Crippen LogP contribution in [0.15, 0.2) is 203 Å². The minimum atomic E-state index is 0.688. The second-order valence-electron chi connectivity index (χ2n) is 14.1. The van der Waals surface area contributed by atoms with Gasteiger partial charge in [0.25, 0.3) is 0 Å². The van der Waals surface area contributed by atoms with Gasteiger partial charge in [-0.15, -0.1) is 0 Å². The van der Waals surface area contributed by atoms with Crippen molar-refractivity contribution in [3.05, 3.63) is 194 Å². The number of rotatable bonds is 6. The minimum Gasteiger partial charge on any atom is -0.456 e. The Labute approximate surface area is 323 Å². The Hall–Kier alpha value is -7.56. The van der Waals surface area contributed by atoms with Gasteiger partial charge in [0.05, 0.1) is 11.4 Å². The molecule has 0 atom stereocenters. The maximum Gasteiger partial charge on any atom is 0.161 e. The number of para-hydroxylation sites is 2. The molecule has 0 N–H and O–H groups in total. The first-order valence-electron chi connectivity index (χ1n) is 18.8. The zero-order chi connectivity index (χ0) is 37.0. The SMILES string of the molecule is c1ccc(-c2cc(-c3ccc(-c4ccc(-c5ccc6c(c5)oc5ccccc56)c5oc6ccccc6c45)cc3)nc(-c3ccccc3-c3ccccc3)n2)cc1. The van der Waals surface area contributed by atoms with Gasteiger partial charge < -0.3 is 8.83 Å². The molecule has 56 heavy (non-hydrogen) atoms. The lowest BCUT2D eigenvalue weighted by molar-refractivity contribution is 0.668. The molecule has 0 aliphatic heterocycles. The van der Waals surface area contributed by atoms with E-state index in [1.54, 1.807) is 0 Å². The maximum atomic E-state index is 6.67. The summed E-state index contributed by atoms with van der Waals surface area (Å²) in [4.78, 5) is 10.4. The molecule has 0 unspecified atom stereocenters. The second-order valence-corrected chi connectivity index (χ2v) is 14.1. The van der Waals surface area contributed by atoms with Crippen LogP contribution in [0.5, 0.6) is 0 Å². The van der Waals surface area contributed by atoms with E-state index in [9.17, 15) is 0 Å². The van der Waals surface area contributed by atoms with Gasteiger partial charge in [-0.3, -0.25) is 0 Å². The molecule has 0 aliphatic carbocycles. The van der Waals surface area contributed by atoms with Gasteiger partial charge in [-0.25, -0.2) is 9.97 Å². The Morgan fingerprint density at radius 2 is 0.821 bits per heavy atom. The van der Waals surface area contributed by atoms with Gasteiger partial charge in [0, 0.05) is 43.8 Å². The van der Waals surface area contributed by atoms with Crippen LogP contribution in [0.4, 0.5) is 0 Å². The van der Waals surface area contributed by atoms with Gasteiger partial charge in [-0.1, -0.05) is 158 Å². The molecule has 0 aliphatic rings. The highest BCUT2D eigenvalue weighted by molar-refractivity contribution is 6.17. The molecule has 0 bridgehead atoms. The predicted octanol–water partition coefficient (Wildman–Crippen LogP) is 14.3. The lowest BCUT2D eigenvalue weighted by Gasteiger charge is -2.13. The summed E-state index contributed by atoms with van der Waals surface area (Å²) in [7, 11) is 0. The van der Waals surface area contributed by atoms with Gasteiger partial charge in [0.2, 0.25) is 0 Å². The zero-order valence-corrected chi connectivity index (χ0v) is 30.2. The fourth-order valence-electron chi connectivity index (χ4n) is 8.03. The topological polar surface area (TPSA) is 52.1 Å². The molecule has 4 heteroatoms. The van der Waals surface area contributed by atoms with Crippen LogP contribution in [0.3, 0.4) is 0 Å². The largest absolute Gasteiger partial charge is 0.456 e. The van der Waals surface area contributed by atoms with E-state index < -0.39 is 0 Å². The van der Waals surface area contributed by atoms with Crippen molar-refractivity contribution >= 4 is 43.9 Å². The van der Waals surface area contributed by atoms with Crippen LogP contribution in [-0.4, -0.2) is 9.97 Å². The Bertz CT molecular complexity index is 3230. The van der Waals surface area contributed by atoms with Crippen LogP contribution >= 0.6 is 0 Å². The molecule has 0 saturated heterocycles. The molecule has 4 nitrogen and oxygen atoms in total. The van der Waals surface area contributed by atoms with Crippen molar-refractivity contribution in [2.45, 2.75) is 0 Å². The molecular formula is C52H32N2O2. The van der Waals surface area contributed by atoms with Gasteiger partial charge in [0.1, 0.15) is 22.3 Å². The van der Waals surface area contributed by atoms with Crippen LogP contribution in [-0.2, 0) is 0 Å². The standard InChI is InChI=1S/C52H32N2O2/c1-3-13-33(14-4-1)38-17-7-8-19-43(38)52-53-45(35-15-5-2-6-16-35)32-46(54-52)36-25-23-34(24-26-36)39-29-30-40(51-50(39)44-20-10-12-22-48(44)56-51)37-27-28-42-41-18-9-11-21-47(41)55-49(42)31-37/h1-32H. The molecule has 11 aromatic rings. The average molecular weight is 717 g/mol. The summed E-state index contributed by atoms with van der Waals surface area (Å²) in [5.41, 5.74) is 14.7. The van der Waals surface area contributed by atoms with Gasteiger partial charge in [-0.05, 0) is 64.2 Å². The molecule has 0 radical (unpaired) electrons. The number of hydrogen-bond donors (Lipinski definition) is 0. The van der Waals surface area contributed by atoms with Crippen molar-refractivity contribution in [2.24, 2.45) is 0 Å². The second kappa shape index (κ2) is 13.1. The highest BCUT2D eigenvalue weighted by atomic mass is 16.3. The number of hydrogen-bond acceptors (Lipinski definition) is 4. The monoisotopic (exact) mass is 716 g/mol. The lowest BCUT2D eigenvalue weighted by atomic mass is 9.93. The van der Waals surface area contributed by atoms with E-state index in [0.29, 0.717) is 5.82 Å². The van der Waals surface area contributed by atoms with Crippen molar-refractivity contribution in [2.75, 3.05) is 0 Å². The van der Waals surface area contributed by atoms with E-state index >= 15 is 0 Å². The van der Waals surface area contributed by atoms with E-state index in [-0.39, 0.29) is 0 Å². The summed E-state index contributed by atoms with van der Waals surface area (Å²) < 4.78 is 12.9. The van der Waals surface area contributed by atoms with Crippen molar-refractivity contribution in [1.82, 2.24) is 9.97 Å². The third-order valence-electron chi connectivity index (χ3n) is 10.8. The highest BCUT2D eigenvalue weighted by Crippen LogP contribution is 2.43. The number of furan rings is 2. The fourth-order valence-corrected chi connectivity index (χ4v) is 8.03. The van der Waals surface area contributed by atoms with E-state index in [1.807, 2.05) is 54.6 Å². The zero-order valence-electron chi connectivity index (χ0n) is 30.2. The van der Waals surface area contributed by atoms with Crippen molar-refractivity contribution in [3.8, 4) is 67.3 Å². The summed E-state index contributed by atoms with van der Waals surface area (Å²) in [5.74, 6) is 0.688. The summed E-state index contributed by atoms with van der Waals surface area (Å²) in [6.07, 6.45) is 0. The first-order chi connectivity index (χ1) is 27.7. The molecule has 0 fully saturated rings. The summed E-state index contributed by atoms with van der Waals surface area (Å²) in [6, 6.07) is 67.2. The quantitative estimate of drug-likeness (QED) is 0.172. The first-order valence-corrected chi connectivity index (χ1v) is 18.8. The average Bonchev–Trinajstić information content (AvgIpc) is 3.85. The first kappa shape index (κ1) is 31.9. The van der Waals surface area contributed by atoms with Crippen LogP contribution in [0.2, 0.25) is 0 Å². The van der Waals surface area contributed by atoms with Crippen molar-refractivity contribution in [1.29, 1.82) is 0 Å². The van der Waals surface area contributed by atoms with Crippen molar-refractivity contribution < 1.29 is 8.83 Å². The van der Waals surface area contributed by atoms with E-state index in [1.165, 1.54) is 0 Å². The molecule has 3 heterocycles. The highest BCUT2D eigenvalue weighted by Gasteiger charge is 2.19. The van der Waals surface area contributed by atoms with E-state index in [4.69, 9.17) is 18.8 Å². The third-order valence-corrected chi connectivity index (χ3v) is 10.8. The van der Waals surface area contributed by atoms with Crippen LogP contribution in [0, 0.1) is 0 Å². The Morgan fingerprint density at radius 3 is 1.57 bits per heavy atom. The molecule has 3 aromatic heterocycles. The number of nitrogens with zero attached hydrogens (tertiary/aromatic N) is 2. The molecule has 11 rings (SSSR count). The van der Waals surface area contributed by atoms with Gasteiger partial charge in [0.15, 0.2) is 5.82 Å². The summed E-state index contributed by atoms with van der Waals surface area (Å²) in [6.45, 7) is 0. The van der Waals surface area contributed by atoms with Gasteiger partial charge >= 0.3 is 0 Å². The molecule has 0 spiro atoms. The summed E-state index contributed by atoms with van der Waals surface area (Å²) in [5, 5.41) is 4.39. The van der Waals surface area contributed by atoms with Crippen LogP contribution in [0.1, 0.15) is 0 Å². The molecule has 262 valence electrons. The third kappa shape index (κ3) is 5.39. The van der Waals surface area contributed by atoms with Crippen LogP contribution in [0.25, 0.3) is 111 Å². The Morgan fingerprint density at radius 1 is 0.304 bits per heavy atom. The Balaban J connectivity index is 1.03. The molecular weight excluding hydrogens is 685 g/mol. The summed E-state index contributed by atoms with van der Waals surface area (Å²) >= 11 is 0. The van der Waals surface area contributed by atoms with Crippen molar-refractivity contribution in [3.63, 3.8) is 0 Å². The van der Waals surface area contributed by atoms with E-state index in [0.717, 1.165) is 105 Å². The lowest BCUT2D eigenvalue weighted by Crippen LogP contribution is -1.97. The fraction of sp³-hybridized carbons (Fsp3) is 0. The number of benzene rings is 8. The van der Waals surface area contributed by atoms with Gasteiger partial charge in [-0.2, -0.15) is 0 Å². The molecule has 0 amide bonds. The normalized spacial score (nSPS) is 11.6. The van der Waals surface area contributed by atoms with Crippen LogP contribution < -0.4 is 0 Å². The number of fused-ring (bicyclic) bond motifs is 6. The molecule has 8 aromatic carbocycles. The van der Waals surface area contributed by atoms with E-state index in [2.05, 4.69) is 140 Å².